The van der Waals surface area contributed by atoms with Gasteiger partial charge in [-0.3, -0.25) is 0 Å². The fourth-order valence-electron chi connectivity index (χ4n) is 3.59. The average molecular weight is 394 g/mol. The van der Waals surface area contributed by atoms with E-state index in [1.54, 1.807) is 7.11 Å². The standard InChI is InChI=1S/C23H26N2O4/c1-15-19(16(2)29-25-15)14-28-22-9-8-17(12-23(22)26-3)13-24-20-10-11-27-21-7-5-4-6-18(20)21/h4-9,12,20,24H,10-11,13-14H2,1-3H3. The van der Waals surface area contributed by atoms with E-state index in [-0.39, 0.29) is 6.04 Å². The lowest BCUT2D eigenvalue weighted by molar-refractivity contribution is 0.252. The first-order valence-corrected chi connectivity index (χ1v) is 9.82. The molecule has 3 aromatic rings. The average Bonchev–Trinajstić information content (AvgIpc) is 3.08. The van der Waals surface area contributed by atoms with Crippen molar-refractivity contribution in [1.82, 2.24) is 10.5 Å². The number of para-hydroxylation sites is 1. The molecule has 2 heterocycles. The van der Waals surface area contributed by atoms with E-state index >= 15 is 0 Å². The smallest absolute Gasteiger partial charge is 0.161 e. The first-order valence-electron chi connectivity index (χ1n) is 9.82. The molecule has 6 heteroatoms. The van der Waals surface area contributed by atoms with Gasteiger partial charge in [-0.05, 0) is 37.6 Å². The lowest BCUT2D eigenvalue weighted by atomic mass is 10.0. The molecule has 4 rings (SSSR count). The highest BCUT2D eigenvalue weighted by Crippen LogP contribution is 2.33. The fourth-order valence-corrected chi connectivity index (χ4v) is 3.59. The van der Waals surface area contributed by atoms with E-state index < -0.39 is 0 Å². The topological polar surface area (TPSA) is 65.8 Å². The van der Waals surface area contributed by atoms with E-state index in [0.717, 1.165) is 47.9 Å². The third kappa shape index (κ3) is 4.22. The molecule has 1 unspecified atom stereocenters. The Bertz CT molecular complexity index is 963. The van der Waals surface area contributed by atoms with Gasteiger partial charge >= 0.3 is 0 Å². The monoisotopic (exact) mass is 394 g/mol. The number of fused-ring (bicyclic) bond motifs is 1. The van der Waals surface area contributed by atoms with Crippen molar-refractivity contribution in [3.63, 3.8) is 0 Å². The van der Waals surface area contributed by atoms with E-state index in [0.29, 0.717) is 18.1 Å². The Morgan fingerprint density at radius 1 is 1.14 bits per heavy atom. The molecule has 0 radical (unpaired) electrons. The fraction of sp³-hybridized carbons (Fsp3) is 0.348. The van der Waals surface area contributed by atoms with Crippen LogP contribution in [0.15, 0.2) is 47.0 Å². The second kappa shape index (κ2) is 8.57. The lowest BCUT2D eigenvalue weighted by Gasteiger charge is -2.27. The molecule has 1 aliphatic rings. The molecule has 0 saturated heterocycles. The van der Waals surface area contributed by atoms with Crippen LogP contribution in [-0.2, 0) is 13.2 Å². The highest BCUT2D eigenvalue weighted by atomic mass is 16.5. The largest absolute Gasteiger partial charge is 0.493 e. The minimum Gasteiger partial charge on any atom is -0.493 e. The van der Waals surface area contributed by atoms with Gasteiger partial charge < -0.3 is 24.1 Å². The molecule has 2 aromatic carbocycles. The van der Waals surface area contributed by atoms with Crippen LogP contribution in [0.25, 0.3) is 0 Å². The molecule has 29 heavy (non-hydrogen) atoms. The van der Waals surface area contributed by atoms with Crippen LogP contribution in [0.1, 0.15) is 40.6 Å². The number of benzene rings is 2. The zero-order valence-electron chi connectivity index (χ0n) is 17.0. The molecule has 1 aromatic heterocycles. The summed E-state index contributed by atoms with van der Waals surface area (Å²) in [7, 11) is 1.66. The Balaban J connectivity index is 1.42. The van der Waals surface area contributed by atoms with E-state index in [2.05, 4.69) is 28.7 Å². The maximum Gasteiger partial charge on any atom is 0.161 e. The number of nitrogens with one attached hydrogen (secondary N) is 1. The van der Waals surface area contributed by atoms with Gasteiger partial charge in [-0.1, -0.05) is 29.4 Å². The third-order valence-corrected chi connectivity index (χ3v) is 5.29. The van der Waals surface area contributed by atoms with E-state index in [1.807, 2.05) is 38.1 Å². The molecule has 0 amide bonds. The van der Waals surface area contributed by atoms with Crippen LogP contribution in [0.2, 0.25) is 0 Å². The van der Waals surface area contributed by atoms with E-state index in [9.17, 15) is 0 Å². The quantitative estimate of drug-likeness (QED) is 0.637. The minimum absolute atomic E-state index is 0.279. The van der Waals surface area contributed by atoms with E-state index in [4.69, 9.17) is 18.7 Å². The maximum absolute atomic E-state index is 5.97. The number of aromatic nitrogens is 1. The predicted octanol–water partition coefficient (Wildman–Crippen LogP) is 4.49. The highest BCUT2D eigenvalue weighted by molar-refractivity contribution is 5.43. The molecule has 0 bridgehead atoms. The number of hydrogen-bond acceptors (Lipinski definition) is 6. The Labute approximate surface area is 170 Å². The van der Waals surface area contributed by atoms with Crippen molar-refractivity contribution in [1.29, 1.82) is 0 Å². The molecular formula is C23H26N2O4. The Morgan fingerprint density at radius 3 is 2.79 bits per heavy atom. The van der Waals surface area contributed by atoms with Crippen LogP contribution in [0.4, 0.5) is 0 Å². The Kier molecular flexibility index (Phi) is 5.71. The van der Waals surface area contributed by atoms with Gasteiger partial charge in [0.05, 0.1) is 25.0 Å². The second-order valence-electron chi connectivity index (χ2n) is 7.19. The number of aryl methyl sites for hydroxylation is 2. The van der Waals surface area contributed by atoms with Gasteiger partial charge in [-0.25, -0.2) is 0 Å². The van der Waals surface area contributed by atoms with Crippen LogP contribution < -0.4 is 19.5 Å². The van der Waals surface area contributed by atoms with Crippen LogP contribution >= 0.6 is 0 Å². The summed E-state index contributed by atoms with van der Waals surface area (Å²) in [6.07, 6.45) is 0.951. The van der Waals surface area contributed by atoms with Crippen LogP contribution in [-0.4, -0.2) is 18.9 Å². The number of rotatable bonds is 7. The number of ether oxygens (including phenoxy) is 3. The van der Waals surface area contributed by atoms with Crippen molar-refractivity contribution in [2.24, 2.45) is 0 Å². The molecule has 6 nitrogen and oxygen atoms in total. The Morgan fingerprint density at radius 2 is 2.00 bits per heavy atom. The highest BCUT2D eigenvalue weighted by Gasteiger charge is 2.20. The van der Waals surface area contributed by atoms with Crippen molar-refractivity contribution in [2.75, 3.05) is 13.7 Å². The number of nitrogens with zero attached hydrogens (tertiary/aromatic N) is 1. The molecule has 0 spiro atoms. The molecule has 1 N–H and O–H groups in total. The van der Waals surface area contributed by atoms with Crippen molar-refractivity contribution in [3.05, 3.63) is 70.6 Å². The molecule has 152 valence electrons. The summed E-state index contributed by atoms with van der Waals surface area (Å²) in [6, 6.07) is 14.5. The number of hydrogen-bond donors (Lipinski definition) is 1. The van der Waals surface area contributed by atoms with Gasteiger partial charge in [0.25, 0.3) is 0 Å². The van der Waals surface area contributed by atoms with Crippen molar-refractivity contribution < 1.29 is 18.7 Å². The van der Waals surface area contributed by atoms with Crippen LogP contribution in [0.5, 0.6) is 17.2 Å². The Hall–Kier alpha value is -2.99. The SMILES string of the molecule is COc1cc(CNC2CCOc3ccccc32)ccc1OCc1c(C)noc1C. The summed E-state index contributed by atoms with van der Waals surface area (Å²) in [5.41, 5.74) is 4.16. The van der Waals surface area contributed by atoms with Gasteiger partial charge in [0.1, 0.15) is 18.1 Å². The minimum atomic E-state index is 0.279. The summed E-state index contributed by atoms with van der Waals surface area (Å²) < 4.78 is 22.5. The normalized spacial score (nSPS) is 15.5. The van der Waals surface area contributed by atoms with Crippen LogP contribution in [0, 0.1) is 13.8 Å². The first kappa shape index (κ1) is 19.3. The predicted molar refractivity (Wildman–Crippen MR) is 109 cm³/mol. The van der Waals surface area contributed by atoms with Crippen LogP contribution in [0.3, 0.4) is 0 Å². The molecule has 1 aliphatic heterocycles. The van der Waals surface area contributed by atoms with E-state index in [1.165, 1.54) is 5.56 Å². The van der Waals surface area contributed by atoms with Crippen molar-refractivity contribution >= 4 is 0 Å². The summed E-state index contributed by atoms with van der Waals surface area (Å²) in [6.45, 7) is 5.66. The first-order chi connectivity index (χ1) is 14.2. The molecular weight excluding hydrogens is 368 g/mol. The van der Waals surface area contributed by atoms with Gasteiger partial charge in [-0.2, -0.15) is 0 Å². The second-order valence-corrected chi connectivity index (χ2v) is 7.19. The number of methoxy groups -OCH3 is 1. The van der Waals surface area contributed by atoms with Gasteiger partial charge in [0.15, 0.2) is 11.5 Å². The molecule has 0 fully saturated rings. The molecule has 0 saturated carbocycles. The van der Waals surface area contributed by atoms with Gasteiger partial charge in [-0.15, -0.1) is 0 Å². The zero-order valence-corrected chi connectivity index (χ0v) is 17.0. The summed E-state index contributed by atoms with van der Waals surface area (Å²) in [5.74, 6) is 3.16. The zero-order chi connectivity index (χ0) is 20.2. The van der Waals surface area contributed by atoms with Gasteiger partial charge in [0, 0.05) is 24.6 Å². The molecule has 1 atom stereocenters. The molecule has 0 aliphatic carbocycles. The summed E-state index contributed by atoms with van der Waals surface area (Å²) in [4.78, 5) is 0. The third-order valence-electron chi connectivity index (χ3n) is 5.29. The van der Waals surface area contributed by atoms with Crippen molar-refractivity contribution in [2.45, 2.75) is 39.5 Å². The van der Waals surface area contributed by atoms with Crippen molar-refractivity contribution in [3.8, 4) is 17.2 Å². The lowest BCUT2D eigenvalue weighted by Crippen LogP contribution is -2.26. The van der Waals surface area contributed by atoms with Gasteiger partial charge in [0.2, 0.25) is 0 Å². The summed E-state index contributed by atoms with van der Waals surface area (Å²) >= 11 is 0. The maximum atomic E-state index is 5.97. The summed E-state index contributed by atoms with van der Waals surface area (Å²) in [5, 5.41) is 7.60.